The van der Waals surface area contributed by atoms with Crippen molar-refractivity contribution < 1.29 is 4.79 Å². The van der Waals surface area contributed by atoms with E-state index in [1.807, 2.05) is 19.1 Å². The first-order chi connectivity index (χ1) is 8.47. The molecule has 1 aromatic carbocycles. The number of nitrogens with one attached hydrogen (secondary N) is 1. The molecule has 0 aromatic heterocycles. The first kappa shape index (κ1) is 14.0. The summed E-state index contributed by atoms with van der Waals surface area (Å²) in [5.74, 6) is 0.105. The molecule has 1 aliphatic rings. The molecule has 3 N–H and O–H groups in total. The average molecular weight is 376 g/mol. The van der Waals surface area contributed by atoms with Crippen molar-refractivity contribution in [1.29, 1.82) is 0 Å². The SMILES string of the molecule is Cc1cc(Br)c(NC(=O)C2CCC(N)C2)c(Br)c1. The van der Waals surface area contributed by atoms with Crippen LogP contribution in [0.2, 0.25) is 0 Å². The lowest BCUT2D eigenvalue weighted by Crippen LogP contribution is -2.23. The van der Waals surface area contributed by atoms with Crippen molar-refractivity contribution in [3.63, 3.8) is 0 Å². The van der Waals surface area contributed by atoms with Gasteiger partial charge in [-0.25, -0.2) is 0 Å². The van der Waals surface area contributed by atoms with Gasteiger partial charge in [0, 0.05) is 20.9 Å². The number of aryl methyl sites for hydroxylation is 1. The lowest BCUT2D eigenvalue weighted by molar-refractivity contribution is -0.119. The summed E-state index contributed by atoms with van der Waals surface area (Å²) in [4.78, 5) is 12.1. The number of carbonyl (C=O) groups excluding carboxylic acids is 1. The zero-order valence-electron chi connectivity index (χ0n) is 10.2. The Morgan fingerprint density at radius 1 is 1.33 bits per heavy atom. The molecule has 0 radical (unpaired) electrons. The van der Waals surface area contributed by atoms with Crippen LogP contribution in [-0.2, 0) is 4.79 Å². The van der Waals surface area contributed by atoms with Gasteiger partial charge in [0.25, 0.3) is 0 Å². The van der Waals surface area contributed by atoms with E-state index in [1.165, 1.54) is 0 Å². The van der Waals surface area contributed by atoms with Crippen LogP contribution in [0.25, 0.3) is 0 Å². The second kappa shape index (κ2) is 5.72. The molecule has 1 saturated carbocycles. The summed E-state index contributed by atoms with van der Waals surface area (Å²) in [6, 6.07) is 4.15. The Bertz CT molecular complexity index is 453. The number of halogens is 2. The lowest BCUT2D eigenvalue weighted by atomic mass is 10.1. The van der Waals surface area contributed by atoms with Crippen LogP contribution in [0.5, 0.6) is 0 Å². The van der Waals surface area contributed by atoms with Crippen LogP contribution < -0.4 is 11.1 Å². The number of hydrogen-bond donors (Lipinski definition) is 2. The first-order valence-electron chi connectivity index (χ1n) is 5.99. The van der Waals surface area contributed by atoms with E-state index in [0.29, 0.717) is 0 Å². The van der Waals surface area contributed by atoms with Crippen molar-refractivity contribution in [3.05, 3.63) is 26.6 Å². The fraction of sp³-hybridized carbons (Fsp3) is 0.462. The fourth-order valence-electron chi connectivity index (χ4n) is 2.30. The van der Waals surface area contributed by atoms with Crippen molar-refractivity contribution in [3.8, 4) is 0 Å². The predicted octanol–water partition coefficient (Wildman–Crippen LogP) is 3.59. The minimum Gasteiger partial charge on any atom is -0.328 e. The third-order valence-electron chi connectivity index (χ3n) is 3.28. The summed E-state index contributed by atoms with van der Waals surface area (Å²) in [6.07, 6.45) is 2.61. The molecular weight excluding hydrogens is 360 g/mol. The molecule has 0 bridgehead atoms. The van der Waals surface area contributed by atoms with E-state index in [0.717, 1.165) is 39.5 Å². The summed E-state index contributed by atoms with van der Waals surface area (Å²) in [5, 5.41) is 2.98. The molecule has 0 aliphatic heterocycles. The van der Waals surface area contributed by atoms with Gasteiger partial charge in [-0.2, -0.15) is 0 Å². The standard InChI is InChI=1S/C13H16Br2N2O/c1-7-4-10(14)12(11(15)5-7)17-13(18)8-2-3-9(16)6-8/h4-5,8-9H,2-3,6,16H2,1H3,(H,17,18). The molecular formula is C13H16Br2N2O. The van der Waals surface area contributed by atoms with Crippen LogP contribution >= 0.6 is 31.9 Å². The number of nitrogens with two attached hydrogens (primary N) is 1. The van der Waals surface area contributed by atoms with Gasteiger partial charge < -0.3 is 11.1 Å². The quantitative estimate of drug-likeness (QED) is 0.829. The topological polar surface area (TPSA) is 55.1 Å². The fourth-order valence-corrected chi connectivity index (χ4v) is 3.91. The second-order valence-electron chi connectivity index (χ2n) is 4.86. The summed E-state index contributed by atoms with van der Waals surface area (Å²) in [6.45, 7) is 2.01. The highest BCUT2D eigenvalue weighted by Gasteiger charge is 2.28. The predicted molar refractivity (Wildman–Crippen MR) is 80.5 cm³/mol. The van der Waals surface area contributed by atoms with Gasteiger partial charge in [0.1, 0.15) is 0 Å². The molecule has 18 heavy (non-hydrogen) atoms. The van der Waals surface area contributed by atoms with Gasteiger partial charge in [-0.3, -0.25) is 4.79 Å². The molecule has 2 atom stereocenters. The molecule has 0 saturated heterocycles. The first-order valence-corrected chi connectivity index (χ1v) is 7.58. The zero-order chi connectivity index (χ0) is 13.3. The van der Waals surface area contributed by atoms with E-state index >= 15 is 0 Å². The van der Waals surface area contributed by atoms with Gasteiger partial charge in [-0.1, -0.05) is 0 Å². The molecule has 98 valence electrons. The van der Waals surface area contributed by atoms with Crippen LogP contribution in [0, 0.1) is 12.8 Å². The Hall–Kier alpha value is -0.390. The maximum atomic E-state index is 12.1. The van der Waals surface area contributed by atoms with Gasteiger partial charge in [0.05, 0.1) is 5.69 Å². The van der Waals surface area contributed by atoms with Crippen molar-refractivity contribution in [2.75, 3.05) is 5.32 Å². The number of rotatable bonds is 2. The van der Waals surface area contributed by atoms with E-state index in [1.54, 1.807) is 0 Å². The van der Waals surface area contributed by atoms with E-state index < -0.39 is 0 Å². The van der Waals surface area contributed by atoms with Crippen LogP contribution in [0.1, 0.15) is 24.8 Å². The van der Waals surface area contributed by atoms with Gasteiger partial charge in [-0.05, 0) is 75.7 Å². The van der Waals surface area contributed by atoms with Crippen LogP contribution in [-0.4, -0.2) is 11.9 Å². The largest absolute Gasteiger partial charge is 0.328 e. The molecule has 1 fully saturated rings. The monoisotopic (exact) mass is 374 g/mol. The van der Waals surface area contributed by atoms with Gasteiger partial charge in [-0.15, -0.1) is 0 Å². The Labute approximate surface area is 124 Å². The van der Waals surface area contributed by atoms with Crippen molar-refractivity contribution in [2.24, 2.45) is 11.7 Å². The number of carbonyl (C=O) groups is 1. The Balaban J connectivity index is 2.12. The number of amides is 1. The molecule has 2 rings (SSSR count). The third kappa shape index (κ3) is 3.13. The molecule has 0 heterocycles. The summed E-state index contributed by atoms with van der Waals surface area (Å²) < 4.78 is 1.79. The summed E-state index contributed by atoms with van der Waals surface area (Å²) >= 11 is 6.95. The van der Waals surface area contributed by atoms with Gasteiger partial charge in [0.15, 0.2) is 0 Å². The van der Waals surface area contributed by atoms with Crippen LogP contribution in [0.15, 0.2) is 21.1 Å². The maximum Gasteiger partial charge on any atom is 0.227 e. The highest BCUT2D eigenvalue weighted by atomic mass is 79.9. The normalized spacial score (nSPS) is 23.1. The number of anilines is 1. The van der Waals surface area contributed by atoms with E-state index in [9.17, 15) is 4.79 Å². The highest BCUT2D eigenvalue weighted by Crippen LogP contribution is 2.34. The van der Waals surface area contributed by atoms with E-state index in [-0.39, 0.29) is 17.9 Å². The Kier molecular flexibility index (Phi) is 4.45. The molecule has 2 unspecified atom stereocenters. The molecule has 3 nitrogen and oxygen atoms in total. The molecule has 1 amide bonds. The molecule has 0 spiro atoms. The third-order valence-corrected chi connectivity index (χ3v) is 4.53. The maximum absolute atomic E-state index is 12.1. The van der Waals surface area contributed by atoms with E-state index in [2.05, 4.69) is 37.2 Å². The average Bonchev–Trinajstić information content (AvgIpc) is 2.70. The lowest BCUT2D eigenvalue weighted by Gasteiger charge is -2.14. The molecule has 1 aromatic rings. The van der Waals surface area contributed by atoms with E-state index in [4.69, 9.17) is 5.73 Å². The van der Waals surface area contributed by atoms with Gasteiger partial charge >= 0.3 is 0 Å². The van der Waals surface area contributed by atoms with Gasteiger partial charge in [0.2, 0.25) is 5.91 Å². The summed E-state index contributed by atoms with van der Waals surface area (Å²) in [5.41, 5.74) is 7.77. The van der Waals surface area contributed by atoms with Crippen LogP contribution in [0.4, 0.5) is 5.69 Å². The minimum atomic E-state index is 0.0418. The van der Waals surface area contributed by atoms with Crippen molar-refractivity contribution >= 4 is 43.5 Å². The zero-order valence-corrected chi connectivity index (χ0v) is 13.3. The van der Waals surface area contributed by atoms with Crippen LogP contribution in [0.3, 0.4) is 0 Å². The summed E-state index contributed by atoms with van der Waals surface area (Å²) in [7, 11) is 0. The number of benzene rings is 1. The molecule has 1 aliphatic carbocycles. The number of hydrogen-bond acceptors (Lipinski definition) is 2. The highest BCUT2D eigenvalue weighted by molar-refractivity contribution is 9.11. The van der Waals surface area contributed by atoms with Crippen molar-refractivity contribution in [2.45, 2.75) is 32.2 Å². The smallest absolute Gasteiger partial charge is 0.227 e. The Morgan fingerprint density at radius 3 is 2.44 bits per heavy atom. The minimum absolute atomic E-state index is 0.0418. The molecule has 5 heteroatoms. The Morgan fingerprint density at radius 2 is 1.94 bits per heavy atom. The second-order valence-corrected chi connectivity index (χ2v) is 6.57. The van der Waals surface area contributed by atoms with Crippen molar-refractivity contribution in [1.82, 2.24) is 0 Å².